The van der Waals surface area contributed by atoms with Crippen LogP contribution in [0.3, 0.4) is 0 Å². The van der Waals surface area contributed by atoms with Crippen molar-refractivity contribution in [2.24, 2.45) is 5.10 Å². The van der Waals surface area contributed by atoms with E-state index in [-0.39, 0.29) is 5.75 Å². The summed E-state index contributed by atoms with van der Waals surface area (Å²) in [4.78, 5) is 28.9. The van der Waals surface area contributed by atoms with Crippen LogP contribution >= 0.6 is 11.6 Å². The summed E-state index contributed by atoms with van der Waals surface area (Å²) in [5.41, 5.74) is 7.24. The third kappa shape index (κ3) is 5.54. The molecule has 0 saturated carbocycles. The summed E-state index contributed by atoms with van der Waals surface area (Å²) in [5, 5.41) is 5.48. The predicted molar refractivity (Wildman–Crippen MR) is 153 cm³/mol. The molecule has 0 atom stereocenters. The molecule has 0 aliphatic rings. The van der Waals surface area contributed by atoms with Crippen molar-refractivity contribution in [3.8, 4) is 22.6 Å². The monoisotopic (exact) mass is 537 g/mol. The minimum atomic E-state index is -0.488. The maximum absolute atomic E-state index is 13.2. The first-order valence-corrected chi connectivity index (χ1v) is 12.5. The van der Waals surface area contributed by atoms with Crippen LogP contribution in [-0.2, 0) is 0 Å². The molecule has 0 aliphatic carbocycles. The Morgan fingerprint density at radius 3 is 2.49 bits per heavy atom. The van der Waals surface area contributed by atoms with E-state index in [0.717, 1.165) is 22.1 Å². The van der Waals surface area contributed by atoms with E-state index in [1.807, 2.05) is 55.5 Å². The molecule has 4 aromatic carbocycles. The highest BCUT2D eigenvalue weighted by Gasteiger charge is 2.20. The van der Waals surface area contributed by atoms with Crippen molar-refractivity contribution in [2.45, 2.75) is 6.92 Å². The number of rotatable bonds is 7. The van der Waals surface area contributed by atoms with Crippen LogP contribution in [0.15, 0.2) is 96.1 Å². The molecule has 1 amide bonds. The van der Waals surface area contributed by atoms with E-state index < -0.39 is 11.9 Å². The van der Waals surface area contributed by atoms with Gasteiger partial charge in [-0.05, 0) is 54.4 Å². The Hall–Kier alpha value is -4.88. The number of aromatic amines is 1. The summed E-state index contributed by atoms with van der Waals surface area (Å²) < 4.78 is 10.9. The number of carbonyl (C=O) groups excluding carboxylic acids is 2. The first-order valence-electron chi connectivity index (χ1n) is 12.1. The van der Waals surface area contributed by atoms with Gasteiger partial charge in [-0.1, -0.05) is 71.8 Å². The van der Waals surface area contributed by atoms with Crippen LogP contribution in [0.1, 0.15) is 32.0 Å². The van der Waals surface area contributed by atoms with Gasteiger partial charge in [-0.15, -0.1) is 0 Å². The minimum absolute atomic E-state index is 0.271. The molecule has 194 valence electrons. The van der Waals surface area contributed by atoms with E-state index in [2.05, 4.69) is 15.5 Å². The van der Waals surface area contributed by atoms with Gasteiger partial charge in [-0.25, -0.2) is 10.2 Å². The van der Waals surface area contributed by atoms with Crippen molar-refractivity contribution in [3.63, 3.8) is 0 Å². The third-order valence-corrected chi connectivity index (χ3v) is 6.41. The lowest BCUT2D eigenvalue weighted by molar-refractivity contribution is 0.0729. The zero-order chi connectivity index (χ0) is 27.4. The molecule has 5 aromatic rings. The number of hydrazone groups is 1. The SMILES string of the molecule is COc1cc(C=NNC(=O)c2[nH]c3c(Cl)cccc3c2-c2ccccc2)ccc1OC(=O)c1cccc(C)c1. The van der Waals surface area contributed by atoms with Crippen LogP contribution in [0.5, 0.6) is 11.5 Å². The van der Waals surface area contributed by atoms with E-state index in [9.17, 15) is 9.59 Å². The normalized spacial score (nSPS) is 11.1. The molecule has 0 bridgehead atoms. The van der Waals surface area contributed by atoms with Gasteiger partial charge in [-0.2, -0.15) is 5.10 Å². The second kappa shape index (κ2) is 11.2. The van der Waals surface area contributed by atoms with E-state index in [0.29, 0.717) is 33.1 Å². The third-order valence-electron chi connectivity index (χ3n) is 6.10. The molecule has 39 heavy (non-hydrogen) atoms. The number of hydrogen-bond acceptors (Lipinski definition) is 5. The molecule has 5 rings (SSSR count). The second-order valence-corrected chi connectivity index (χ2v) is 9.18. The maximum Gasteiger partial charge on any atom is 0.343 e. The van der Waals surface area contributed by atoms with Crippen LogP contribution in [0.4, 0.5) is 0 Å². The van der Waals surface area contributed by atoms with Crippen LogP contribution < -0.4 is 14.9 Å². The Bertz CT molecular complexity index is 1710. The van der Waals surface area contributed by atoms with Crippen molar-refractivity contribution in [1.82, 2.24) is 10.4 Å². The molecule has 0 fully saturated rings. The minimum Gasteiger partial charge on any atom is -0.493 e. The molecular formula is C31H24ClN3O4. The number of nitrogens with zero attached hydrogens (tertiary/aromatic N) is 1. The molecule has 0 radical (unpaired) electrons. The summed E-state index contributed by atoms with van der Waals surface area (Å²) in [6.45, 7) is 1.90. The number of aromatic nitrogens is 1. The fourth-order valence-electron chi connectivity index (χ4n) is 4.26. The summed E-state index contributed by atoms with van der Waals surface area (Å²) in [6, 6.07) is 27.3. The molecule has 2 N–H and O–H groups in total. The van der Waals surface area contributed by atoms with Gasteiger partial charge in [0, 0.05) is 10.9 Å². The number of methoxy groups -OCH3 is 1. The summed E-state index contributed by atoms with van der Waals surface area (Å²) in [6.07, 6.45) is 1.48. The molecule has 1 heterocycles. The van der Waals surface area contributed by atoms with Crippen molar-refractivity contribution in [2.75, 3.05) is 7.11 Å². The Labute approximate surface area is 230 Å². The van der Waals surface area contributed by atoms with Crippen molar-refractivity contribution in [3.05, 3.63) is 118 Å². The molecule has 8 heteroatoms. The number of fused-ring (bicyclic) bond motifs is 1. The van der Waals surface area contributed by atoms with Gasteiger partial charge in [0.2, 0.25) is 0 Å². The van der Waals surface area contributed by atoms with Gasteiger partial charge in [0.15, 0.2) is 11.5 Å². The van der Waals surface area contributed by atoms with E-state index in [4.69, 9.17) is 21.1 Å². The van der Waals surface area contributed by atoms with Gasteiger partial charge in [0.1, 0.15) is 5.69 Å². The zero-order valence-electron chi connectivity index (χ0n) is 21.2. The lowest BCUT2D eigenvalue weighted by atomic mass is 10.0. The molecule has 1 aromatic heterocycles. The average molecular weight is 538 g/mol. The fraction of sp³-hybridized carbons (Fsp3) is 0.0645. The van der Waals surface area contributed by atoms with E-state index >= 15 is 0 Å². The lowest BCUT2D eigenvalue weighted by Gasteiger charge is -2.10. The van der Waals surface area contributed by atoms with Crippen LogP contribution in [0.25, 0.3) is 22.0 Å². The standard InChI is InChI=1S/C31H24ClN3O4/c1-19-8-6-11-22(16-19)31(37)39-25-15-14-20(17-26(25)38-2)18-33-35-30(36)29-27(21-9-4-3-5-10-21)23-12-7-13-24(32)28(23)34-29/h3-18,34H,1-2H3,(H,35,36). The average Bonchev–Trinajstić information content (AvgIpc) is 3.35. The quantitative estimate of drug-likeness (QED) is 0.103. The topological polar surface area (TPSA) is 92.8 Å². The van der Waals surface area contributed by atoms with Gasteiger partial charge >= 0.3 is 5.97 Å². The van der Waals surface area contributed by atoms with Crippen LogP contribution in [-0.4, -0.2) is 30.2 Å². The highest BCUT2D eigenvalue weighted by Crippen LogP contribution is 2.35. The van der Waals surface area contributed by atoms with E-state index in [1.54, 1.807) is 42.5 Å². The molecule has 0 spiro atoms. The van der Waals surface area contributed by atoms with Crippen molar-refractivity contribution < 1.29 is 19.1 Å². The summed E-state index contributed by atoms with van der Waals surface area (Å²) in [7, 11) is 1.48. The Kier molecular flexibility index (Phi) is 7.43. The first-order chi connectivity index (χ1) is 18.9. The maximum atomic E-state index is 13.2. The number of esters is 1. The summed E-state index contributed by atoms with van der Waals surface area (Å²) in [5.74, 6) is -0.290. The predicted octanol–water partition coefficient (Wildman–Crippen LogP) is 6.79. The zero-order valence-corrected chi connectivity index (χ0v) is 22.0. The van der Waals surface area contributed by atoms with E-state index in [1.165, 1.54) is 13.3 Å². The number of ether oxygens (including phenoxy) is 2. The van der Waals surface area contributed by atoms with Crippen LogP contribution in [0, 0.1) is 6.92 Å². The highest BCUT2D eigenvalue weighted by atomic mass is 35.5. The fourth-order valence-corrected chi connectivity index (χ4v) is 4.48. The van der Waals surface area contributed by atoms with Crippen LogP contribution in [0.2, 0.25) is 5.02 Å². The van der Waals surface area contributed by atoms with Gasteiger partial charge < -0.3 is 14.5 Å². The number of hydrogen-bond donors (Lipinski definition) is 2. The Balaban J connectivity index is 1.35. The molecule has 0 saturated heterocycles. The largest absolute Gasteiger partial charge is 0.493 e. The number of para-hydroxylation sites is 1. The van der Waals surface area contributed by atoms with Gasteiger partial charge in [0.25, 0.3) is 5.91 Å². The second-order valence-electron chi connectivity index (χ2n) is 8.77. The number of halogens is 1. The lowest BCUT2D eigenvalue weighted by Crippen LogP contribution is -2.18. The number of aryl methyl sites for hydroxylation is 1. The number of nitrogens with one attached hydrogen (secondary N) is 2. The highest BCUT2D eigenvalue weighted by molar-refractivity contribution is 6.36. The van der Waals surface area contributed by atoms with Crippen molar-refractivity contribution in [1.29, 1.82) is 0 Å². The Morgan fingerprint density at radius 1 is 0.923 bits per heavy atom. The number of carbonyl (C=O) groups is 2. The van der Waals surface area contributed by atoms with Gasteiger partial charge in [-0.3, -0.25) is 4.79 Å². The Morgan fingerprint density at radius 2 is 1.72 bits per heavy atom. The first kappa shape index (κ1) is 25.8. The molecule has 7 nitrogen and oxygen atoms in total. The van der Waals surface area contributed by atoms with Crippen molar-refractivity contribution >= 4 is 40.6 Å². The van der Waals surface area contributed by atoms with Gasteiger partial charge in [0.05, 0.1) is 29.4 Å². The molecule has 0 aliphatic heterocycles. The number of amides is 1. The molecule has 0 unspecified atom stereocenters. The smallest absolute Gasteiger partial charge is 0.343 e. The molecular weight excluding hydrogens is 514 g/mol. The number of benzene rings is 4. The summed E-state index contributed by atoms with van der Waals surface area (Å²) >= 11 is 6.40. The number of H-pyrrole nitrogens is 1.